The first-order valence-corrected chi connectivity index (χ1v) is 11.2. The summed E-state index contributed by atoms with van der Waals surface area (Å²) in [5.74, 6) is -1.73. The number of hydrogen-bond acceptors (Lipinski definition) is 5. The summed E-state index contributed by atoms with van der Waals surface area (Å²) in [6.07, 6.45) is 4.15. The lowest BCUT2D eigenvalue weighted by molar-refractivity contribution is -0.117. The van der Waals surface area contributed by atoms with Gasteiger partial charge >= 0.3 is 0 Å². The molecular formula is C28H23FN4O3. The molecule has 0 saturated carbocycles. The van der Waals surface area contributed by atoms with Crippen LogP contribution < -0.4 is 10.2 Å². The highest BCUT2D eigenvalue weighted by atomic mass is 19.1. The van der Waals surface area contributed by atoms with E-state index in [2.05, 4.69) is 15.3 Å². The molecule has 0 unspecified atom stereocenters. The number of halogens is 1. The maximum atomic E-state index is 13.9. The predicted octanol–water partition coefficient (Wildman–Crippen LogP) is 5.15. The number of nitrogens with zero attached hydrogens (tertiary/aromatic N) is 3. The van der Waals surface area contributed by atoms with E-state index in [-0.39, 0.29) is 11.5 Å². The molecule has 7 nitrogen and oxygen atoms in total. The summed E-state index contributed by atoms with van der Waals surface area (Å²) in [5, 5.41) is 2.79. The van der Waals surface area contributed by atoms with Crippen molar-refractivity contribution in [2.75, 3.05) is 10.2 Å². The molecule has 0 aliphatic heterocycles. The van der Waals surface area contributed by atoms with Crippen molar-refractivity contribution in [3.05, 3.63) is 120 Å². The van der Waals surface area contributed by atoms with Crippen LogP contribution in [0, 0.1) is 12.7 Å². The van der Waals surface area contributed by atoms with Crippen molar-refractivity contribution in [3.63, 3.8) is 0 Å². The lowest BCUT2D eigenvalue weighted by atomic mass is 9.97. The number of aryl methyl sites for hydroxylation is 1. The van der Waals surface area contributed by atoms with E-state index in [0.717, 1.165) is 5.56 Å². The summed E-state index contributed by atoms with van der Waals surface area (Å²) in [6, 6.07) is 17.9. The quantitative estimate of drug-likeness (QED) is 0.368. The molecule has 0 aliphatic carbocycles. The van der Waals surface area contributed by atoms with Crippen LogP contribution in [0.2, 0.25) is 0 Å². The zero-order chi connectivity index (χ0) is 25.7. The molecule has 1 atom stereocenters. The van der Waals surface area contributed by atoms with Gasteiger partial charge in [0.05, 0.1) is 6.20 Å². The number of amides is 2. The van der Waals surface area contributed by atoms with Crippen molar-refractivity contribution < 1.29 is 18.8 Å². The zero-order valence-electron chi connectivity index (χ0n) is 19.7. The van der Waals surface area contributed by atoms with Crippen molar-refractivity contribution >= 4 is 29.0 Å². The van der Waals surface area contributed by atoms with Crippen molar-refractivity contribution in [2.24, 2.45) is 0 Å². The van der Waals surface area contributed by atoms with Crippen LogP contribution in [0.25, 0.3) is 0 Å². The third kappa shape index (κ3) is 5.33. The Morgan fingerprint density at radius 3 is 2.36 bits per heavy atom. The molecule has 8 heteroatoms. The van der Waals surface area contributed by atoms with Crippen molar-refractivity contribution in [3.8, 4) is 0 Å². The van der Waals surface area contributed by atoms with Gasteiger partial charge in [-0.25, -0.2) is 9.37 Å². The number of carbonyl (C=O) groups excluding carboxylic acids is 3. The van der Waals surface area contributed by atoms with Crippen molar-refractivity contribution in [1.29, 1.82) is 0 Å². The van der Waals surface area contributed by atoms with Crippen LogP contribution in [0.1, 0.15) is 44.9 Å². The summed E-state index contributed by atoms with van der Waals surface area (Å²) in [6.45, 7) is 3.26. The number of hydrogen-bond donors (Lipinski definition) is 1. The summed E-state index contributed by atoms with van der Waals surface area (Å²) in [7, 11) is 0. The third-order valence-electron chi connectivity index (χ3n) is 5.63. The van der Waals surface area contributed by atoms with Crippen LogP contribution in [0.5, 0.6) is 0 Å². The Balaban J connectivity index is 1.89. The van der Waals surface area contributed by atoms with E-state index in [9.17, 15) is 18.8 Å². The Hall–Kier alpha value is -4.72. The number of nitrogens with one attached hydrogen (secondary N) is 1. The van der Waals surface area contributed by atoms with Gasteiger partial charge in [0.25, 0.3) is 11.8 Å². The molecule has 3 aromatic carbocycles. The van der Waals surface area contributed by atoms with Crippen LogP contribution in [0.15, 0.2) is 91.4 Å². The minimum Gasteiger partial charge on any atom is -0.324 e. The Bertz CT molecular complexity index is 1410. The van der Waals surface area contributed by atoms with Crippen LogP contribution in [0.3, 0.4) is 0 Å². The average molecular weight is 483 g/mol. The molecule has 1 aromatic heterocycles. The molecule has 0 radical (unpaired) electrons. The standard InChI is InChI=1S/C28H23FN4O3/c1-18-6-3-4-9-24(18)26(27(35)32-22-12-10-21(29)11-13-22)33(28(36)25-17-30-14-15-31-25)23-8-5-7-20(16-23)19(2)34/h3-17,26H,1-2H3,(H,32,35)/t26-/m0/s1. The molecule has 0 saturated heterocycles. The first kappa shape index (κ1) is 24.4. The lowest BCUT2D eigenvalue weighted by Gasteiger charge is -2.32. The summed E-state index contributed by atoms with van der Waals surface area (Å²) < 4.78 is 13.4. The second-order valence-electron chi connectivity index (χ2n) is 8.13. The van der Waals surface area contributed by atoms with Gasteiger partial charge in [-0.1, -0.05) is 36.4 Å². The molecule has 0 bridgehead atoms. The fourth-order valence-corrected chi connectivity index (χ4v) is 3.83. The molecule has 2 amide bonds. The number of rotatable bonds is 7. The van der Waals surface area contributed by atoms with Gasteiger partial charge in [-0.3, -0.25) is 24.3 Å². The number of aromatic nitrogens is 2. The van der Waals surface area contributed by atoms with E-state index < -0.39 is 23.7 Å². The fourth-order valence-electron chi connectivity index (χ4n) is 3.83. The summed E-state index contributed by atoms with van der Waals surface area (Å²) in [4.78, 5) is 49.2. The van der Waals surface area contributed by atoms with Gasteiger partial charge in [-0.05, 0) is 61.4 Å². The lowest BCUT2D eigenvalue weighted by Crippen LogP contribution is -2.42. The molecule has 0 fully saturated rings. The van der Waals surface area contributed by atoms with Crippen LogP contribution >= 0.6 is 0 Å². The van der Waals surface area contributed by atoms with E-state index in [4.69, 9.17) is 0 Å². The molecule has 4 aromatic rings. The summed E-state index contributed by atoms with van der Waals surface area (Å²) >= 11 is 0. The maximum absolute atomic E-state index is 13.9. The largest absolute Gasteiger partial charge is 0.324 e. The van der Waals surface area contributed by atoms with Crippen molar-refractivity contribution in [1.82, 2.24) is 9.97 Å². The number of carbonyl (C=O) groups is 3. The molecule has 4 rings (SSSR count). The van der Waals surface area contributed by atoms with Gasteiger partial charge in [-0.2, -0.15) is 0 Å². The number of ketones is 1. The molecule has 0 spiro atoms. The Labute approximate surface area is 207 Å². The van der Waals surface area contributed by atoms with Gasteiger partial charge < -0.3 is 5.32 Å². The number of Topliss-reactive ketones (excluding diaryl/α,β-unsaturated/α-hetero) is 1. The monoisotopic (exact) mass is 482 g/mol. The number of benzene rings is 3. The van der Waals surface area contributed by atoms with Crippen LogP contribution in [-0.4, -0.2) is 27.6 Å². The highest BCUT2D eigenvalue weighted by Crippen LogP contribution is 2.32. The summed E-state index contributed by atoms with van der Waals surface area (Å²) in [5.41, 5.74) is 2.45. The molecule has 0 aliphatic rings. The second kappa shape index (κ2) is 10.7. The van der Waals surface area contributed by atoms with Gasteiger partial charge in [0, 0.05) is 29.3 Å². The molecule has 36 heavy (non-hydrogen) atoms. The molecule has 180 valence electrons. The van der Waals surface area contributed by atoms with E-state index in [1.807, 2.05) is 19.1 Å². The smallest absolute Gasteiger partial charge is 0.279 e. The molecule has 1 N–H and O–H groups in total. The van der Waals surface area contributed by atoms with Gasteiger partial charge in [-0.15, -0.1) is 0 Å². The minimum atomic E-state index is -1.15. The van der Waals surface area contributed by atoms with E-state index in [1.54, 1.807) is 36.4 Å². The van der Waals surface area contributed by atoms with E-state index in [0.29, 0.717) is 22.5 Å². The van der Waals surface area contributed by atoms with Crippen molar-refractivity contribution in [2.45, 2.75) is 19.9 Å². The Kier molecular flexibility index (Phi) is 7.25. The van der Waals surface area contributed by atoms with E-state index >= 15 is 0 Å². The second-order valence-corrected chi connectivity index (χ2v) is 8.13. The predicted molar refractivity (Wildman–Crippen MR) is 134 cm³/mol. The van der Waals surface area contributed by atoms with Gasteiger partial charge in [0.1, 0.15) is 17.6 Å². The number of anilines is 2. The topological polar surface area (TPSA) is 92.3 Å². The van der Waals surface area contributed by atoms with Crippen LogP contribution in [0.4, 0.5) is 15.8 Å². The Morgan fingerprint density at radius 1 is 0.944 bits per heavy atom. The normalized spacial score (nSPS) is 11.4. The highest BCUT2D eigenvalue weighted by molar-refractivity contribution is 6.11. The van der Waals surface area contributed by atoms with Crippen LogP contribution in [-0.2, 0) is 4.79 Å². The zero-order valence-corrected chi connectivity index (χ0v) is 19.7. The fraction of sp³-hybridized carbons (Fsp3) is 0.107. The minimum absolute atomic E-state index is 0.0268. The van der Waals surface area contributed by atoms with Gasteiger partial charge in [0.15, 0.2) is 5.78 Å². The maximum Gasteiger partial charge on any atom is 0.279 e. The Morgan fingerprint density at radius 2 is 1.69 bits per heavy atom. The third-order valence-corrected chi connectivity index (χ3v) is 5.63. The van der Waals surface area contributed by atoms with E-state index in [1.165, 1.54) is 54.7 Å². The highest BCUT2D eigenvalue weighted by Gasteiger charge is 2.35. The SMILES string of the molecule is CC(=O)c1cccc(N(C(=O)c2cnccn2)[C@H](C(=O)Nc2ccc(F)cc2)c2ccccc2C)c1. The van der Waals surface area contributed by atoms with Gasteiger partial charge in [0.2, 0.25) is 0 Å². The first-order chi connectivity index (χ1) is 17.3. The first-order valence-electron chi connectivity index (χ1n) is 11.2. The molecule has 1 heterocycles. The average Bonchev–Trinajstić information content (AvgIpc) is 2.89. The molecular weight excluding hydrogens is 459 g/mol.